The number of carbonyl (C=O) groups excluding carboxylic acids is 1. The molecule has 1 aliphatic rings. The van der Waals surface area contributed by atoms with Gasteiger partial charge in [-0.3, -0.25) is 10.1 Å². The van der Waals surface area contributed by atoms with Crippen LogP contribution in [0.2, 0.25) is 0 Å². The van der Waals surface area contributed by atoms with Crippen molar-refractivity contribution in [3.05, 3.63) is 71.3 Å². The van der Waals surface area contributed by atoms with Crippen molar-refractivity contribution in [2.45, 2.75) is 57.7 Å². The highest BCUT2D eigenvalue weighted by Gasteiger charge is 2.23. The van der Waals surface area contributed by atoms with Gasteiger partial charge >= 0.3 is 0 Å². The van der Waals surface area contributed by atoms with Gasteiger partial charge in [-0.15, -0.1) is 0 Å². The number of hydrogen-bond donors (Lipinski definition) is 2. The van der Waals surface area contributed by atoms with E-state index in [1.807, 2.05) is 25.1 Å². The Morgan fingerprint density at radius 2 is 1.56 bits per heavy atom. The second-order valence-corrected chi connectivity index (χ2v) is 7.13. The molecule has 1 fully saturated rings. The highest BCUT2D eigenvalue weighted by molar-refractivity contribution is 5.81. The zero-order valence-electron chi connectivity index (χ0n) is 15.2. The van der Waals surface area contributed by atoms with Gasteiger partial charge in [-0.25, -0.2) is 0 Å². The molecule has 3 rings (SSSR count). The first-order valence-corrected chi connectivity index (χ1v) is 9.31. The van der Waals surface area contributed by atoms with Gasteiger partial charge in [0.2, 0.25) is 5.91 Å². The Kier molecular flexibility index (Phi) is 5.87. The van der Waals surface area contributed by atoms with Gasteiger partial charge in [0.25, 0.3) is 0 Å². The molecule has 25 heavy (non-hydrogen) atoms. The minimum Gasteiger partial charge on any atom is -0.352 e. The van der Waals surface area contributed by atoms with Crippen LogP contribution in [0.15, 0.2) is 54.6 Å². The Morgan fingerprint density at radius 3 is 2.20 bits per heavy atom. The molecular formula is C22H28N2O. The van der Waals surface area contributed by atoms with Crippen molar-refractivity contribution in [2.24, 2.45) is 0 Å². The Bertz CT molecular complexity index is 675. The Balaban J connectivity index is 1.75. The molecule has 0 saturated heterocycles. The molecule has 2 aromatic carbocycles. The molecule has 2 aromatic rings. The van der Waals surface area contributed by atoms with Gasteiger partial charge in [0.15, 0.2) is 0 Å². The molecule has 0 heterocycles. The van der Waals surface area contributed by atoms with E-state index in [9.17, 15) is 4.79 Å². The predicted octanol–water partition coefficient (Wildman–Crippen LogP) is 4.12. The highest BCUT2D eigenvalue weighted by atomic mass is 16.2. The fraction of sp³-hybridized carbons (Fsp3) is 0.409. The van der Waals surface area contributed by atoms with Crippen molar-refractivity contribution in [1.82, 2.24) is 10.6 Å². The molecule has 0 radical (unpaired) electrons. The molecule has 0 spiro atoms. The molecule has 2 atom stereocenters. The lowest BCUT2D eigenvalue weighted by atomic mass is 9.97. The van der Waals surface area contributed by atoms with E-state index in [1.54, 1.807) is 0 Å². The molecule has 1 saturated carbocycles. The lowest BCUT2D eigenvalue weighted by Crippen LogP contribution is -2.46. The normalized spacial score (nSPS) is 17.2. The van der Waals surface area contributed by atoms with E-state index in [1.165, 1.54) is 29.5 Å². The van der Waals surface area contributed by atoms with Crippen molar-refractivity contribution in [1.29, 1.82) is 0 Å². The summed E-state index contributed by atoms with van der Waals surface area (Å²) in [7, 11) is 0. The monoisotopic (exact) mass is 336 g/mol. The summed E-state index contributed by atoms with van der Waals surface area (Å²) in [5, 5.41) is 6.73. The molecule has 0 aliphatic heterocycles. The summed E-state index contributed by atoms with van der Waals surface area (Å²) in [6.07, 6.45) is 4.67. The van der Waals surface area contributed by atoms with Crippen LogP contribution < -0.4 is 10.6 Å². The van der Waals surface area contributed by atoms with Crippen molar-refractivity contribution in [3.63, 3.8) is 0 Å². The first-order valence-electron chi connectivity index (χ1n) is 9.31. The van der Waals surface area contributed by atoms with E-state index in [4.69, 9.17) is 0 Å². The molecule has 132 valence electrons. The Morgan fingerprint density at radius 1 is 0.960 bits per heavy atom. The number of amides is 1. The SMILES string of the molecule is Cc1ccc([C@H](N[C@@H](C)C(=O)NC2CCCC2)c2ccccc2)cc1. The maximum absolute atomic E-state index is 12.6. The van der Waals surface area contributed by atoms with Gasteiger partial charge in [0, 0.05) is 6.04 Å². The molecular weight excluding hydrogens is 308 g/mol. The van der Waals surface area contributed by atoms with Crippen LogP contribution in [0.4, 0.5) is 0 Å². The van der Waals surface area contributed by atoms with Crippen LogP contribution in [0.5, 0.6) is 0 Å². The third-order valence-corrected chi connectivity index (χ3v) is 5.06. The summed E-state index contributed by atoms with van der Waals surface area (Å²) in [4.78, 5) is 12.6. The fourth-order valence-corrected chi connectivity index (χ4v) is 3.51. The van der Waals surface area contributed by atoms with Gasteiger partial charge in [0.05, 0.1) is 12.1 Å². The van der Waals surface area contributed by atoms with Crippen molar-refractivity contribution in [3.8, 4) is 0 Å². The van der Waals surface area contributed by atoms with Crippen LogP contribution in [0, 0.1) is 6.92 Å². The second-order valence-electron chi connectivity index (χ2n) is 7.13. The zero-order valence-corrected chi connectivity index (χ0v) is 15.2. The number of nitrogens with one attached hydrogen (secondary N) is 2. The summed E-state index contributed by atoms with van der Waals surface area (Å²) in [6.45, 7) is 4.04. The number of aryl methyl sites for hydroxylation is 1. The van der Waals surface area contributed by atoms with E-state index >= 15 is 0 Å². The third-order valence-electron chi connectivity index (χ3n) is 5.06. The van der Waals surface area contributed by atoms with E-state index in [0.29, 0.717) is 6.04 Å². The average Bonchev–Trinajstić information content (AvgIpc) is 3.14. The molecule has 3 nitrogen and oxygen atoms in total. The topological polar surface area (TPSA) is 41.1 Å². The minimum absolute atomic E-state index is 0.00567. The largest absolute Gasteiger partial charge is 0.352 e. The molecule has 3 heteroatoms. The lowest BCUT2D eigenvalue weighted by molar-refractivity contribution is -0.123. The standard InChI is InChI=1S/C22H28N2O/c1-16-12-14-19(15-13-16)21(18-8-4-3-5-9-18)23-17(2)22(25)24-20-10-6-7-11-20/h3-5,8-9,12-15,17,20-21,23H,6-7,10-11H2,1-2H3,(H,24,25)/t17-,21+/m0/s1. The third kappa shape index (κ3) is 4.70. The van der Waals surface area contributed by atoms with Crippen LogP contribution in [0.1, 0.15) is 55.3 Å². The van der Waals surface area contributed by atoms with Crippen molar-refractivity contribution < 1.29 is 4.79 Å². The van der Waals surface area contributed by atoms with E-state index in [0.717, 1.165) is 12.8 Å². The Hall–Kier alpha value is -2.13. The minimum atomic E-state index is -0.243. The van der Waals surface area contributed by atoms with Crippen LogP contribution in [-0.2, 0) is 4.79 Å². The first kappa shape index (κ1) is 17.7. The van der Waals surface area contributed by atoms with Crippen LogP contribution >= 0.6 is 0 Å². The van der Waals surface area contributed by atoms with E-state index in [2.05, 4.69) is 54.0 Å². The fourth-order valence-electron chi connectivity index (χ4n) is 3.51. The molecule has 1 amide bonds. The first-order chi connectivity index (χ1) is 12.1. The zero-order chi connectivity index (χ0) is 17.6. The predicted molar refractivity (Wildman–Crippen MR) is 102 cm³/mol. The van der Waals surface area contributed by atoms with Gasteiger partial charge in [-0.05, 0) is 37.8 Å². The summed E-state index contributed by atoms with van der Waals surface area (Å²) in [6, 6.07) is 19.0. The summed E-state index contributed by atoms with van der Waals surface area (Å²) >= 11 is 0. The second kappa shape index (κ2) is 8.30. The molecule has 1 aliphatic carbocycles. The number of rotatable bonds is 6. The average molecular weight is 336 g/mol. The van der Waals surface area contributed by atoms with E-state index < -0.39 is 0 Å². The smallest absolute Gasteiger partial charge is 0.237 e. The quantitative estimate of drug-likeness (QED) is 0.833. The maximum atomic E-state index is 12.6. The number of benzene rings is 2. The maximum Gasteiger partial charge on any atom is 0.237 e. The van der Waals surface area contributed by atoms with Gasteiger partial charge in [-0.2, -0.15) is 0 Å². The molecule has 0 bridgehead atoms. The molecule has 0 aromatic heterocycles. The van der Waals surface area contributed by atoms with Crippen molar-refractivity contribution in [2.75, 3.05) is 0 Å². The van der Waals surface area contributed by atoms with Crippen LogP contribution in [0.25, 0.3) is 0 Å². The van der Waals surface area contributed by atoms with Crippen LogP contribution in [-0.4, -0.2) is 18.0 Å². The number of hydrogen-bond acceptors (Lipinski definition) is 2. The highest BCUT2D eigenvalue weighted by Crippen LogP contribution is 2.23. The lowest BCUT2D eigenvalue weighted by Gasteiger charge is -2.25. The Labute approximate surface area is 150 Å². The summed E-state index contributed by atoms with van der Waals surface area (Å²) < 4.78 is 0. The van der Waals surface area contributed by atoms with Crippen molar-refractivity contribution >= 4 is 5.91 Å². The van der Waals surface area contributed by atoms with E-state index in [-0.39, 0.29) is 18.0 Å². The molecule has 2 N–H and O–H groups in total. The van der Waals surface area contributed by atoms with Gasteiger partial charge < -0.3 is 5.32 Å². The van der Waals surface area contributed by atoms with Crippen LogP contribution in [0.3, 0.4) is 0 Å². The summed E-state index contributed by atoms with van der Waals surface area (Å²) in [5.74, 6) is 0.0972. The van der Waals surface area contributed by atoms with Gasteiger partial charge in [0.1, 0.15) is 0 Å². The van der Waals surface area contributed by atoms with Gasteiger partial charge in [-0.1, -0.05) is 73.0 Å². The summed E-state index contributed by atoms with van der Waals surface area (Å²) in [5.41, 5.74) is 3.59. The molecule has 0 unspecified atom stereocenters. The number of carbonyl (C=O) groups is 1.